The van der Waals surface area contributed by atoms with E-state index in [1.165, 1.54) is 6.92 Å². The van der Waals surface area contributed by atoms with Crippen molar-refractivity contribution in [1.29, 1.82) is 5.26 Å². The average Bonchev–Trinajstić information content (AvgIpc) is 2.50. The van der Waals surface area contributed by atoms with Crippen LogP contribution in [0.5, 0.6) is 0 Å². The van der Waals surface area contributed by atoms with E-state index in [-0.39, 0.29) is 5.97 Å². The minimum atomic E-state index is -6.03. The summed E-state index contributed by atoms with van der Waals surface area (Å²) in [5.41, 5.74) is -8.54. The summed E-state index contributed by atoms with van der Waals surface area (Å²) in [4.78, 5) is 20.5. The molecule has 0 spiro atoms. The first-order valence-electron chi connectivity index (χ1n) is 7.12. The lowest BCUT2D eigenvalue weighted by Gasteiger charge is -2.20. The van der Waals surface area contributed by atoms with Gasteiger partial charge in [-0.05, 0) is 6.92 Å². The van der Waals surface area contributed by atoms with Gasteiger partial charge in [0, 0.05) is 12.5 Å². The first-order chi connectivity index (χ1) is 13.0. The zero-order valence-electron chi connectivity index (χ0n) is 14.3. The number of alkyl halides is 6. The monoisotopic (exact) mass is 439 g/mol. The molecule has 0 amide bonds. The van der Waals surface area contributed by atoms with Crippen LogP contribution in [0, 0.1) is 28.8 Å². The normalized spacial score (nSPS) is 12.3. The molecule has 0 heterocycles. The standard InChI is InChI=1S/C11H2F9NO2.C4H8O2/c12-6-3(2(1-21)9(22)23)4(10(15,16)17)7(13)5(8(6)14)11(18,19)20;1-3-6-4(2)5/h2H,(H,22,23);3H2,1-2H3. The van der Waals surface area contributed by atoms with Crippen molar-refractivity contribution in [2.24, 2.45) is 0 Å². The number of esters is 1. The van der Waals surface area contributed by atoms with E-state index in [1.54, 1.807) is 6.92 Å². The molecule has 0 radical (unpaired) electrons. The second-order valence-corrected chi connectivity index (χ2v) is 4.93. The average molecular weight is 439 g/mol. The molecule has 29 heavy (non-hydrogen) atoms. The van der Waals surface area contributed by atoms with Gasteiger partial charge in [0.15, 0.2) is 23.4 Å². The largest absolute Gasteiger partial charge is 0.480 e. The molecule has 162 valence electrons. The number of aliphatic carboxylic acids is 1. The van der Waals surface area contributed by atoms with Gasteiger partial charge in [0.25, 0.3) is 0 Å². The molecule has 14 heteroatoms. The van der Waals surface area contributed by atoms with Gasteiger partial charge in [-0.2, -0.15) is 31.6 Å². The van der Waals surface area contributed by atoms with Crippen LogP contribution in [0.4, 0.5) is 39.5 Å². The zero-order chi connectivity index (χ0) is 23.3. The quantitative estimate of drug-likeness (QED) is 0.429. The Bertz CT molecular complexity index is 825. The van der Waals surface area contributed by atoms with Crippen molar-refractivity contribution in [1.82, 2.24) is 0 Å². The van der Waals surface area contributed by atoms with E-state index < -0.39 is 58.4 Å². The maximum Gasteiger partial charge on any atom is 0.422 e. The summed E-state index contributed by atoms with van der Waals surface area (Å²) in [6.45, 7) is 3.65. The third-order valence-electron chi connectivity index (χ3n) is 2.94. The minimum absolute atomic E-state index is 0.211. The zero-order valence-corrected chi connectivity index (χ0v) is 14.3. The highest BCUT2D eigenvalue weighted by Gasteiger charge is 2.50. The number of carbonyl (C=O) groups is 2. The summed E-state index contributed by atoms with van der Waals surface area (Å²) in [5.74, 6) is -15.0. The lowest BCUT2D eigenvalue weighted by Crippen LogP contribution is -2.25. The summed E-state index contributed by atoms with van der Waals surface area (Å²) in [5, 5.41) is 17.0. The van der Waals surface area contributed by atoms with Gasteiger partial charge >= 0.3 is 24.3 Å². The molecule has 0 aliphatic rings. The fraction of sp³-hybridized carbons (Fsp3) is 0.400. The van der Waals surface area contributed by atoms with Crippen LogP contribution >= 0.6 is 0 Å². The molecule has 1 unspecified atom stereocenters. The Balaban J connectivity index is 0.00000113. The van der Waals surface area contributed by atoms with Crippen LogP contribution in [0.1, 0.15) is 36.5 Å². The van der Waals surface area contributed by atoms with Crippen LogP contribution in [0.2, 0.25) is 0 Å². The van der Waals surface area contributed by atoms with Crippen LogP contribution in [0.15, 0.2) is 0 Å². The van der Waals surface area contributed by atoms with E-state index in [0.717, 1.165) is 0 Å². The van der Waals surface area contributed by atoms with E-state index >= 15 is 0 Å². The first kappa shape index (κ1) is 26.0. The van der Waals surface area contributed by atoms with Crippen molar-refractivity contribution in [3.05, 3.63) is 34.1 Å². The Kier molecular flexibility index (Phi) is 8.51. The van der Waals surface area contributed by atoms with Gasteiger partial charge in [-0.15, -0.1) is 0 Å². The Morgan fingerprint density at radius 1 is 1.00 bits per heavy atom. The second-order valence-electron chi connectivity index (χ2n) is 4.93. The Morgan fingerprint density at radius 2 is 1.45 bits per heavy atom. The summed E-state index contributed by atoms with van der Waals surface area (Å²) in [6.07, 6.45) is -12.0. The van der Waals surface area contributed by atoms with Crippen molar-refractivity contribution in [2.75, 3.05) is 6.61 Å². The van der Waals surface area contributed by atoms with Crippen molar-refractivity contribution in [2.45, 2.75) is 32.1 Å². The smallest absolute Gasteiger partial charge is 0.422 e. The van der Waals surface area contributed by atoms with Crippen LogP contribution < -0.4 is 0 Å². The van der Waals surface area contributed by atoms with E-state index in [2.05, 4.69) is 4.74 Å². The number of nitriles is 1. The van der Waals surface area contributed by atoms with Gasteiger partial charge in [0.1, 0.15) is 11.1 Å². The van der Waals surface area contributed by atoms with Crippen molar-refractivity contribution in [3.63, 3.8) is 0 Å². The Labute approximate surface area is 156 Å². The summed E-state index contributed by atoms with van der Waals surface area (Å²) in [6, 6.07) is 0.630. The number of benzene rings is 1. The van der Waals surface area contributed by atoms with Gasteiger partial charge in [-0.3, -0.25) is 9.59 Å². The molecule has 0 aliphatic heterocycles. The number of carboxylic acid groups (broad SMARTS) is 1. The lowest BCUT2D eigenvalue weighted by molar-refractivity contribution is -0.150. The predicted molar refractivity (Wildman–Crippen MR) is 74.6 cm³/mol. The van der Waals surface area contributed by atoms with Crippen LogP contribution in [-0.4, -0.2) is 23.7 Å². The highest BCUT2D eigenvalue weighted by Crippen LogP contribution is 2.44. The number of carboxylic acids is 1. The van der Waals surface area contributed by atoms with Gasteiger partial charge in [-0.1, -0.05) is 0 Å². The number of carbonyl (C=O) groups excluding carboxylic acids is 1. The number of nitrogens with zero attached hydrogens (tertiary/aromatic N) is 1. The molecule has 0 bridgehead atoms. The third-order valence-corrected chi connectivity index (χ3v) is 2.94. The van der Waals surface area contributed by atoms with E-state index in [9.17, 15) is 49.1 Å². The van der Waals surface area contributed by atoms with Gasteiger partial charge in [0.2, 0.25) is 0 Å². The molecule has 0 saturated heterocycles. The maximum atomic E-state index is 13.6. The molecule has 1 rings (SSSR count). The van der Waals surface area contributed by atoms with Gasteiger partial charge in [0.05, 0.1) is 12.7 Å². The molecule has 1 aromatic rings. The fourth-order valence-corrected chi connectivity index (χ4v) is 1.92. The van der Waals surface area contributed by atoms with Gasteiger partial charge < -0.3 is 9.84 Å². The summed E-state index contributed by atoms with van der Waals surface area (Å²) >= 11 is 0. The number of hydrogen-bond donors (Lipinski definition) is 1. The molecular formula is C15H10F9NO4. The molecule has 5 nitrogen and oxygen atoms in total. The summed E-state index contributed by atoms with van der Waals surface area (Å²) in [7, 11) is 0. The van der Waals surface area contributed by atoms with E-state index in [4.69, 9.17) is 10.4 Å². The van der Waals surface area contributed by atoms with E-state index in [1.807, 2.05) is 0 Å². The molecular weight excluding hydrogens is 429 g/mol. The molecule has 1 aromatic carbocycles. The highest BCUT2D eigenvalue weighted by atomic mass is 19.4. The maximum absolute atomic E-state index is 13.6. The van der Waals surface area contributed by atoms with Crippen molar-refractivity contribution >= 4 is 11.9 Å². The Morgan fingerprint density at radius 3 is 1.69 bits per heavy atom. The van der Waals surface area contributed by atoms with Gasteiger partial charge in [-0.25, -0.2) is 13.2 Å². The number of halogens is 9. The van der Waals surface area contributed by atoms with Crippen LogP contribution in [0.25, 0.3) is 0 Å². The van der Waals surface area contributed by atoms with Crippen molar-refractivity contribution in [3.8, 4) is 6.07 Å². The van der Waals surface area contributed by atoms with E-state index in [0.29, 0.717) is 12.7 Å². The molecule has 0 aliphatic carbocycles. The summed E-state index contributed by atoms with van der Waals surface area (Å²) < 4.78 is 120. The molecule has 0 fully saturated rings. The minimum Gasteiger partial charge on any atom is -0.480 e. The molecule has 1 atom stereocenters. The second kappa shape index (κ2) is 9.48. The molecule has 1 N–H and O–H groups in total. The highest BCUT2D eigenvalue weighted by molar-refractivity contribution is 5.80. The topological polar surface area (TPSA) is 87.4 Å². The lowest BCUT2D eigenvalue weighted by atomic mass is 9.91. The SMILES string of the molecule is CCOC(C)=O.N#CC(C(=O)O)c1c(F)c(F)c(C(F)(F)F)c(F)c1C(F)(F)F. The van der Waals surface area contributed by atoms with Crippen LogP contribution in [0.3, 0.4) is 0 Å². The fourth-order valence-electron chi connectivity index (χ4n) is 1.92. The molecule has 0 saturated carbocycles. The first-order valence-corrected chi connectivity index (χ1v) is 7.12. The Hall–Kier alpha value is -2.98. The predicted octanol–water partition coefficient (Wildman–Crippen LogP) is 4.40. The number of hydrogen-bond acceptors (Lipinski definition) is 4. The molecule has 0 aromatic heterocycles. The van der Waals surface area contributed by atoms with Crippen LogP contribution in [-0.2, 0) is 26.7 Å². The third kappa shape index (κ3) is 6.26. The number of ether oxygens (including phenoxy) is 1. The number of rotatable bonds is 3. The van der Waals surface area contributed by atoms with Crippen molar-refractivity contribution < 1.29 is 58.9 Å².